The molecule has 0 aliphatic carbocycles. The Morgan fingerprint density at radius 2 is 1.90 bits per heavy atom. The van der Waals surface area contributed by atoms with Gasteiger partial charge in [0, 0.05) is 35.6 Å². The Balaban J connectivity index is 1.35. The van der Waals surface area contributed by atoms with Gasteiger partial charge >= 0.3 is 5.97 Å². The molecule has 0 aliphatic heterocycles. The molecule has 7 heteroatoms. The van der Waals surface area contributed by atoms with Crippen molar-refractivity contribution in [3.8, 4) is 0 Å². The number of H-pyrrole nitrogens is 1. The number of carbonyl (C=O) groups excluding carboxylic acids is 2. The SMILES string of the molecule is Cc1cccc2c(=O)n(CCCC(=O)OC(C)C(=O)c3c[nH]c4ccccc34)cnc12. The van der Waals surface area contributed by atoms with E-state index in [9.17, 15) is 14.4 Å². The lowest BCUT2D eigenvalue weighted by atomic mass is 10.1. The highest BCUT2D eigenvalue weighted by Gasteiger charge is 2.22. The molecule has 0 radical (unpaired) electrons. The molecular formula is C24H23N3O4. The third-order valence-electron chi connectivity index (χ3n) is 5.37. The van der Waals surface area contributed by atoms with Gasteiger partial charge in [0.15, 0.2) is 6.10 Å². The Kier molecular flexibility index (Phi) is 5.66. The van der Waals surface area contributed by atoms with Crippen molar-refractivity contribution in [2.24, 2.45) is 0 Å². The van der Waals surface area contributed by atoms with Gasteiger partial charge in [-0.1, -0.05) is 30.3 Å². The number of hydrogen-bond acceptors (Lipinski definition) is 5. The number of carbonyl (C=O) groups is 2. The number of esters is 1. The minimum absolute atomic E-state index is 0.101. The Morgan fingerprint density at radius 3 is 2.74 bits per heavy atom. The quantitative estimate of drug-likeness (QED) is 0.365. The Bertz CT molecular complexity index is 1340. The highest BCUT2D eigenvalue weighted by molar-refractivity contribution is 6.10. The van der Waals surface area contributed by atoms with Crippen molar-refractivity contribution in [3.63, 3.8) is 0 Å². The number of Topliss-reactive ketones (excluding diaryl/α,β-unsaturated/α-hetero) is 1. The average Bonchev–Trinajstić information content (AvgIpc) is 3.19. The van der Waals surface area contributed by atoms with Crippen molar-refractivity contribution < 1.29 is 14.3 Å². The van der Waals surface area contributed by atoms with Crippen molar-refractivity contribution in [2.75, 3.05) is 0 Å². The minimum Gasteiger partial charge on any atom is -0.454 e. The fourth-order valence-electron chi connectivity index (χ4n) is 3.69. The summed E-state index contributed by atoms with van der Waals surface area (Å²) in [5.74, 6) is -0.727. The predicted molar refractivity (Wildman–Crippen MR) is 118 cm³/mol. The van der Waals surface area contributed by atoms with Crippen LogP contribution in [0.3, 0.4) is 0 Å². The summed E-state index contributed by atoms with van der Waals surface area (Å²) in [5, 5.41) is 1.36. The van der Waals surface area contributed by atoms with Crippen LogP contribution in [0.5, 0.6) is 0 Å². The van der Waals surface area contributed by atoms with E-state index >= 15 is 0 Å². The Hall–Kier alpha value is -3.74. The van der Waals surface area contributed by atoms with Crippen LogP contribution < -0.4 is 5.56 Å². The molecule has 1 unspecified atom stereocenters. The second-order valence-electron chi connectivity index (χ2n) is 7.56. The van der Waals surface area contributed by atoms with E-state index in [4.69, 9.17) is 4.74 Å². The monoisotopic (exact) mass is 417 g/mol. The first-order valence-corrected chi connectivity index (χ1v) is 10.2. The van der Waals surface area contributed by atoms with Crippen LogP contribution in [0.25, 0.3) is 21.8 Å². The van der Waals surface area contributed by atoms with Gasteiger partial charge in [-0.2, -0.15) is 0 Å². The van der Waals surface area contributed by atoms with E-state index in [1.807, 2.05) is 43.3 Å². The zero-order chi connectivity index (χ0) is 22.0. The molecule has 1 atom stereocenters. The number of aromatic nitrogens is 3. The van der Waals surface area contributed by atoms with Crippen molar-refractivity contribution in [3.05, 3.63) is 76.5 Å². The highest BCUT2D eigenvalue weighted by atomic mass is 16.5. The molecule has 4 rings (SSSR count). The number of para-hydroxylation sites is 2. The lowest BCUT2D eigenvalue weighted by Crippen LogP contribution is -2.25. The summed E-state index contributed by atoms with van der Waals surface area (Å²) < 4.78 is 6.83. The van der Waals surface area contributed by atoms with Gasteiger partial charge in [0.05, 0.1) is 17.2 Å². The molecule has 2 heterocycles. The van der Waals surface area contributed by atoms with Crippen molar-refractivity contribution >= 4 is 33.6 Å². The Labute approximate surface area is 178 Å². The number of benzene rings is 2. The number of rotatable bonds is 7. The molecule has 0 saturated carbocycles. The maximum Gasteiger partial charge on any atom is 0.306 e. The van der Waals surface area contributed by atoms with Gasteiger partial charge in [0.2, 0.25) is 5.78 Å². The fraction of sp³-hybridized carbons (Fsp3) is 0.250. The number of nitrogens with zero attached hydrogens (tertiary/aromatic N) is 2. The fourth-order valence-corrected chi connectivity index (χ4v) is 3.69. The summed E-state index contributed by atoms with van der Waals surface area (Å²) >= 11 is 0. The first kappa shape index (κ1) is 20.5. The van der Waals surface area contributed by atoms with E-state index in [2.05, 4.69) is 9.97 Å². The average molecular weight is 417 g/mol. The van der Waals surface area contributed by atoms with Crippen LogP contribution in [0.1, 0.15) is 35.7 Å². The van der Waals surface area contributed by atoms with Gasteiger partial charge in [-0.15, -0.1) is 0 Å². The zero-order valence-electron chi connectivity index (χ0n) is 17.4. The molecule has 0 bridgehead atoms. The molecule has 0 spiro atoms. The van der Waals surface area contributed by atoms with E-state index < -0.39 is 12.1 Å². The molecule has 158 valence electrons. The van der Waals surface area contributed by atoms with Gasteiger partial charge in [0.1, 0.15) is 0 Å². The zero-order valence-corrected chi connectivity index (χ0v) is 17.4. The summed E-state index contributed by atoms with van der Waals surface area (Å²) in [7, 11) is 0. The largest absolute Gasteiger partial charge is 0.454 e. The summed E-state index contributed by atoms with van der Waals surface area (Å²) in [5.41, 5.74) is 2.85. The van der Waals surface area contributed by atoms with Crippen LogP contribution in [-0.2, 0) is 16.1 Å². The molecule has 2 aromatic carbocycles. The molecule has 7 nitrogen and oxygen atoms in total. The number of aryl methyl sites for hydroxylation is 2. The highest BCUT2D eigenvalue weighted by Crippen LogP contribution is 2.20. The number of ketones is 1. The number of hydrogen-bond donors (Lipinski definition) is 1. The third kappa shape index (κ3) is 4.12. The van der Waals surface area contributed by atoms with Crippen LogP contribution in [0, 0.1) is 6.92 Å². The maximum absolute atomic E-state index is 12.7. The summed E-state index contributed by atoms with van der Waals surface area (Å²) in [6, 6.07) is 13.0. The number of fused-ring (bicyclic) bond motifs is 2. The maximum atomic E-state index is 12.7. The minimum atomic E-state index is -0.889. The van der Waals surface area contributed by atoms with E-state index in [0.717, 1.165) is 16.5 Å². The molecule has 1 N–H and O–H groups in total. The van der Waals surface area contributed by atoms with Gasteiger partial charge in [-0.05, 0) is 38.0 Å². The van der Waals surface area contributed by atoms with Crippen molar-refractivity contribution in [1.82, 2.24) is 14.5 Å². The number of aromatic amines is 1. The van der Waals surface area contributed by atoms with Crippen LogP contribution in [0.4, 0.5) is 0 Å². The van der Waals surface area contributed by atoms with Crippen LogP contribution in [0.15, 0.2) is 59.8 Å². The standard InChI is InChI=1S/C24H23N3O4/c1-15-7-5-9-18-22(15)26-14-27(24(18)30)12-6-11-21(28)31-16(2)23(29)19-13-25-20-10-4-3-8-17(19)20/h3-5,7-10,13-14,16,25H,6,11-12H2,1-2H3. The smallest absolute Gasteiger partial charge is 0.306 e. The van der Waals surface area contributed by atoms with Crippen molar-refractivity contribution in [1.29, 1.82) is 0 Å². The van der Waals surface area contributed by atoms with E-state index in [1.54, 1.807) is 19.2 Å². The predicted octanol–water partition coefficient (Wildman–Crippen LogP) is 3.78. The van der Waals surface area contributed by atoms with Gasteiger partial charge in [-0.3, -0.25) is 19.0 Å². The second kappa shape index (κ2) is 8.55. The normalized spacial score (nSPS) is 12.2. The van der Waals surface area contributed by atoms with Crippen molar-refractivity contribution in [2.45, 2.75) is 39.3 Å². The third-order valence-corrected chi connectivity index (χ3v) is 5.37. The number of ether oxygens (including phenoxy) is 1. The second-order valence-corrected chi connectivity index (χ2v) is 7.56. The van der Waals surface area contributed by atoms with E-state index in [1.165, 1.54) is 10.9 Å². The summed E-state index contributed by atoms with van der Waals surface area (Å²) in [4.78, 5) is 45.0. The lowest BCUT2D eigenvalue weighted by Gasteiger charge is -2.12. The van der Waals surface area contributed by atoms with Gasteiger partial charge in [0.25, 0.3) is 5.56 Å². The first-order chi connectivity index (χ1) is 15.0. The Morgan fingerprint density at radius 1 is 1.13 bits per heavy atom. The van der Waals surface area contributed by atoms with Gasteiger partial charge < -0.3 is 9.72 Å². The molecule has 0 amide bonds. The van der Waals surface area contributed by atoms with Crippen LogP contribution >= 0.6 is 0 Å². The van der Waals surface area contributed by atoms with Crippen LogP contribution in [0.2, 0.25) is 0 Å². The molecule has 0 fully saturated rings. The summed E-state index contributed by atoms with van der Waals surface area (Å²) in [6.45, 7) is 3.82. The van der Waals surface area contributed by atoms with Gasteiger partial charge in [-0.25, -0.2) is 4.98 Å². The summed E-state index contributed by atoms with van der Waals surface area (Å²) in [6.07, 6.45) is 2.76. The molecular weight excluding hydrogens is 394 g/mol. The topological polar surface area (TPSA) is 94.0 Å². The lowest BCUT2D eigenvalue weighted by molar-refractivity contribution is -0.146. The van der Waals surface area contributed by atoms with E-state index in [0.29, 0.717) is 29.4 Å². The molecule has 4 aromatic rings. The van der Waals surface area contributed by atoms with Crippen LogP contribution in [-0.4, -0.2) is 32.4 Å². The molecule has 0 aliphatic rings. The van der Waals surface area contributed by atoms with E-state index in [-0.39, 0.29) is 17.8 Å². The molecule has 2 aromatic heterocycles. The molecule has 31 heavy (non-hydrogen) atoms. The molecule has 0 saturated heterocycles. The first-order valence-electron chi connectivity index (χ1n) is 10.2. The number of nitrogens with one attached hydrogen (secondary N) is 1.